The maximum Gasteiger partial charge on any atom is 0.255 e. The lowest BCUT2D eigenvalue weighted by molar-refractivity contribution is 0.0951. The Morgan fingerprint density at radius 1 is 0.938 bits per heavy atom. The number of ether oxygens (including phenoxy) is 2. The zero-order valence-corrected chi connectivity index (χ0v) is 18.1. The van der Waals surface area contributed by atoms with Crippen LogP contribution in [0.1, 0.15) is 21.5 Å². The molecule has 0 radical (unpaired) electrons. The first-order valence-corrected chi connectivity index (χ1v) is 10.3. The van der Waals surface area contributed by atoms with E-state index < -0.39 is 0 Å². The molecule has 1 N–H and O–H groups in total. The van der Waals surface area contributed by atoms with Crippen molar-refractivity contribution in [2.75, 3.05) is 14.2 Å². The number of rotatable bonds is 8. The van der Waals surface area contributed by atoms with E-state index in [0.29, 0.717) is 30.2 Å². The number of nitrogens with zero attached hydrogens (tertiary/aromatic N) is 2. The van der Waals surface area contributed by atoms with Gasteiger partial charge in [0.15, 0.2) is 0 Å². The van der Waals surface area contributed by atoms with Crippen molar-refractivity contribution < 1.29 is 14.3 Å². The quantitative estimate of drug-likeness (QED) is 0.445. The van der Waals surface area contributed by atoms with Gasteiger partial charge >= 0.3 is 0 Å². The molecule has 0 atom stereocenters. The molecule has 1 amide bonds. The second-order valence-corrected chi connectivity index (χ2v) is 7.34. The van der Waals surface area contributed by atoms with Gasteiger partial charge in [-0.1, -0.05) is 54.6 Å². The first-order valence-electron chi connectivity index (χ1n) is 10.3. The number of para-hydroxylation sites is 1. The molecule has 0 aliphatic carbocycles. The Labute approximate surface area is 187 Å². The number of aromatic nitrogens is 2. The fourth-order valence-electron chi connectivity index (χ4n) is 3.43. The monoisotopic (exact) mass is 427 g/mol. The SMILES string of the molecule is COCc1ccc(CNC(=O)c2cn(-c3ccccc3)nc2-c2cccc(OC)c2)cc1. The van der Waals surface area contributed by atoms with Gasteiger partial charge in [0.25, 0.3) is 5.91 Å². The number of benzene rings is 3. The van der Waals surface area contributed by atoms with Crippen LogP contribution in [0.3, 0.4) is 0 Å². The number of amides is 1. The molecule has 6 heteroatoms. The van der Waals surface area contributed by atoms with Crippen LogP contribution in [0, 0.1) is 0 Å². The van der Waals surface area contributed by atoms with E-state index in [1.807, 2.05) is 78.9 Å². The summed E-state index contributed by atoms with van der Waals surface area (Å²) < 4.78 is 12.2. The Bertz CT molecular complexity index is 1180. The normalized spacial score (nSPS) is 10.7. The third-order valence-corrected chi connectivity index (χ3v) is 5.11. The molecule has 0 fully saturated rings. The number of carbonyl (C=O) groups is 1. The molecule has 0 aliphatic heterocycles. The van der Waals surface area contributed by atoms with Crippen molar-refractivity contribution in [3.05, 3.63) is 102 Å². The number of methoxy groups -OCH3 is 2. The predicted octanol–water partition coefficient (Wildman–Crippen LogP) is 4.62. The molecule has 0 aliphatic rings. The van der Waals surface area contributed by atoms with Crippen LogP contribution in [0.2, 0.25) is 0 Å². The van der Waals surface area contributed by atoms with Crippen molar-refractivity contribution >= 4 is 5.91 Å². The molecule has 0 unspecified atom stereocenters. The molecular weight excluding hydrogens is 402 g/mol. The molecule has 3 aromatic carbocycles. The van der Waals surface area contributed by atoms with Gasteiger partial charge in [0.1, 0.15) is 11.4 Å². The highest BCUT2D eigenvalue weighted by molar-refractivity contribution is 6.00. The molecule has 4 rings (SSSR count). The van der Waals surface area contributed by atoms with Gasteiger partial charge < -0.3 is 14.8 Å². The van der Waals surface area contributed by atoms with Crippen molar-refractivity contribution in [1.29, 1.82) is 0 Å². The summed E-state index contributed by atoms with van der Waals surface area (Å²) in [5.74, 6) is 0.519. The Morgan fingerprint density at radius 2 is 1.69 bits per heavy atom. The van der Waals surface area contributed by atoms with E-state index in [-0.39, 0.29) is 5.91 Å². The van der Waals surface area contributed by atoms with Crippen LogP contribution in [0.5, 0.6) is 5.75 Å². The molecule has 32 heavy (non-hydrogen) atoms. The van der Waals surface area contributed by atoms with Crippen LogP contribution in [0.4, 0.5) is 0 Å². The molecule has 1 heterocycles. The van der Waals surface area contributed by atoms with Gasteiger partial charge in [-0.05, 0) is 35.4 Å². The average Bonchev–Trinajstić information content (AvgIpc) is 3.30. The van der Waals surface area contributed by atoms with E-state index in [9.17, 15) is 4.79 Å². The lowest BCUT2D eigenvalue weighted by atomic mass is 10.1. The fraction of sp³-hybridized carbons (Fsp3) is 0.154. The minimum absolute atomic E-state index is 0.189. The van der Waals surface area contributed by atoms with E-state index >= 15 is 0 Å². The van der Waals surface area contributed by atoms with Gasteiger partial charge in [-0.15, -0.1) is 0 Å². The molecule has 0 spiro atoms. The zero-order valence-electron chi connectivity index (χ0n) is 18.1. The molecule has 0 saturated carbocycles. The van der Waals surface area contributed by atoms with Gasteiger partial charge in [0, 0.05) is 25.4 Å². The predicted molar refractivity (Wildman–Crippen MR) is 124 cm³/mol. The average molecular weight is 428 g/mol. The van der Waals surface area contributed by atoms with Gasteiger partial charge in [0.2, 0.25) is 0 Å². The first-order chi connectivity index (χ1) is 15.7. The third-order valence-electron chi connectivity index (χ3n) is 5.11. The van der Waals surface area contributed by atoms with Crippen molar-refractivity contribution in [1.82, 2.24) is 15.1 Å². The molecule has 4 aromatic rings. The highest BCUT2D eigenvalue weighted by Crippen LogP contribution is 2.27. The highest BCUT2D eigenvalue weighted by Gasteiger charge is 2.19. The van der Waals surface area contributed by atoms with Crippen LogP contribution in [-0.4, -0.2) is 29.9 Å². The van der Waals surface area contributed by atoms with Crippen molar-refractivity contribution in [2.45, 2.75) is 13.2 Å². The second-order valence-electron chi connectivity index (χ2n) is 7.34. The highest BCUT2D eigenvalue weighted by atomic mass is 16.5. The summed E-state index contributed by atoms with van der Waals surface area (Å²) in [6, 6.07) is 25.3. The minimum Gasteiger partial charge on any atom is -0.497 e. The van der Waals surface area contributed by atoms with E-state index in [2.05, 4.69) is 5.32 Å². The van der Waals surface area contributed by atoms with E-state index in [4.69, 9.17) is 14.6 Å². The first kappa shape index (κ1) is 21.3. The van der Waals surface area contributed by atoms with E-state index in [1.54, 1.807) is 25.1 Å². The van der Waals surface area contributed by atoms with Crippen molar-refractivity contribution in [3.8, 4) is 22.7 Å². The fourth-order valence-corrected chi connectivity index (χ4v) is 3.43. The van der Waals surface area contributed by atoms with Gasteiger partial charge in [-0.3, -0.25) is 4.79 Å². The topological polar surface area (TPSA) is 65.4 Å². The maximum atomic E-state index is 13.2. The molecular formula is C26H25N3O3. The van der Waals surface area contributed by atoms with Crippen LogP contribution >= 0.6 is 0 Å². The van der Waals surface area contributed by atoms with Crippen LogP contribution < -0.4 is 10.1 Å². The number of hydrogen-bond acceptors (Lipinski definition) is 4. The van der Waals surface area contributed by atoms with Gasteiger partial charge in [-0.25, -0.2) is 4.68 Å². The largest absolute Gasteiger partial charge is 0.497 e. The van der Waals surface area contributed by atoms with Gasteiger partial charge in [0.05, 0.1) is 25.0 Å². The summed E-state index contributed by atoms with van der Waals surface area (Å²) >= 11 is 0. The Balaban J connectivity index is 1.62. The summed E-state index contributed by atoms with van der Waals surface area (Å²) in [4.78, 5) is 13.2. The minimum atomic E-state index is -0.189. The molecule has 162 valence electrons. The Kier molecular flexibility index (Phi) is 6.63. The Hall–Kier alpha value is -3.90. The molecule has 6 nitrogen and oxygen atoms in total. The number of hydrogen-bond donors (Lipinski definition) is 1. The second kappa shape index (κ2) is 9.94. The summed E-state index contributed by atoms with van der Waals surface area (Å²) in [5.41, 5.74) is 4.89. The lowest BCUT2D eigenvalue weighted by Gasteiger charge is -2.07. The van der Waals surface area contributed by atoms with E-state index in [1.165, 1.54) is 0 Å². The standard InChI is InChI=1S/C26H25N3O3/c1-31-18-20-13-11-19(12-14-20)16-27-26(30)24-17-29(22-8-4-3-5-9-22)28-25(24)21-7-6-10-23(15-21)32-2/h3-15,17H,16,18H2,1-2H3,(H,27,30). The van der Waals surface area contributed by atoms with Crippen LogP contribution in [0.15, 0.2) is 85.1 Å². The summed E-state index contributed by atoms with van der Waals surface area (Å²) in [7, 11) is 3.29. The van der Waals surface area contributed by atoms with Crippen molar-refractivity contribution in [2.24, 2.45) is 0 Å². The molecule has 0 saturated heterocycles. The van der Waals surface area contributed by atoms with Crippen LogP contribution in [0.25, 0.3) is 16.9 Å². The number of carbonyl (C=O) groups excluding carboxylic acids is 1. The smallest absolute Gasteiger partial charge is 0.255 e. The van der Waals surface area contributed by atoms with E-state index in [0.717, 1.165) is 22.4 Å². The zero-order chi connectivity index (χ0) is 22.3. The summed E-state index contributed by atoms with van der Waals surface area (Å²) in [6.45, 7) is 0.982. The van der Waals surface area contributed by atoms with Crippen molar-refractivity contribution in [3.63, 3.8) is 0 Å². The van der Waals surface area contributed by atoms with Gasteiger partial charge in [-0.2, -0.15) is 5.10 Å². The number of nitrogens with one attached hydrogen (secondary N) is 1. The summed E-state index contributed by atoms with van der Waals surface area (Å²) in [6.07, 6.45) is 1.77. The summed E-state index contributed by atoms with van der Waals surface area (Å²) in [5, 5.41) is 7.74. The Morgan fingerprint density at radius 3 is 2.41 bits per heavy atom. The maximum absolute atomic E-state index is 13.2. The van der Waals surface area contributed by atoms with Crippen LogP contribution in [-0.2, 0) is 17.9 Å². The third kappa shape index (κ3) is 4.87. The molecule has 1 aromatic heterocycles. The lowest BCUT2D eigenvalue weighted by Crippen LogP contribution is -2.23. The molecule has 0 bridgehead atoms.